The van der Waals surface area contributed by atoms with Crippen molar-refractivity contribution >= 4 is 5.91 Å². The molecular formula is C24H23N5O3. The van der Waals surface area contributed by atoms with E-state index >= 15 is 0 Å². The number of pyridine rings is 2. The first-order chi connectivity index (χ1) is 15.7. The van der Waals surface area contributed by atoms with Crippen LogP contribution in [0.5, 0.6) is 0 Å². The third-order valence-corrected chi connectivity index (χ3v) is 4.99. The average molecular weight is 429 g/mol. The van der Waals surface area contributed by atoms with Crippen molar-refractivity contribution in [1.29, 1.82) is 0 Å². The number of rotatable bonds is 8. The van der Waals surface area contributed by atoms with Crippen molar-refractivity contribution in [1.82, 2.24) is 24.6 Å². The zero-order chi connectivity index (χ0) is 22.3. The van der Waals surface area contributed by atoms with Crippen LogP contribution >= 0.6 is 0 Å². The van der Waals surface area contributed by atoms with Gasteiger partial charge in [-0.1, -0.05) is 18.2 Å². The predicted molar refractivity (Wildman–Crippen MR) is 121 cm³/mol. The first kappa shape index (κ1) is 21.2. The second kappa shape index (κ2) is 9.84. The molecule has 8 heteroatoms. The first-order valence-electron chi connectivity index (χ1n) is 10.2. The molecule has 3 heterocycles. The van der Waals surface area contributed by atoms with Crippen LogP contribution in [-0.4, -0.2) is 39.0 Å². The van der Waals surface area contributed by atoms with Crippen LogP contribution in [0.15, 0.2) is 84.2 Å². The van der Waals surface area contributed by atoms with Crippen molar-refractivity contribution in [3.05, 3.63) is 101 Å². The highest BCUT2D eigenvalue weighted by molar-refractivity contribution is 5.93. The van der Waals surface area contributed by atoms with Gasteiger partial charge in [-0.05, 0) is 30.3 Å². The summed E-state index contributed by atoms with van der Waals surface area (Å²) in [6, 6.07) is 16.5. The molecule has 0 fully saturated rings. The largest absolute Gasteiger partial charge is 0.383 e. The Morgan fingerprint density at radius 1 is 1.03 bits per heavy atom. The maximum Gasteiger partial charge on any atom is 0.253 e. The lowest BCUT2D eigenvalue weighted by Crippen LogP contribution is -2.27. The fourth-order valence-electron chi connectivity index (χ4n) is 3.31. The van der Waals surface area contributed by atoms with E-state index in [9.17, 15) is 9.59 Å². The van der Waals surface area contributed by atoms with Crippen LogP contribution in [0.2, 0.25) is 0 Å². The molecule has 0 spiro atoms. The summed E-state index contributed by atoms with van der Waals surface area (Å²) in [7, 11) is 1.57. The van der Waals surface area contributed by atoms with Gasteiger partial charge < -0.3 is 14.6 Å². The number of amides is 1. The van der Waals surface area contributed by atoms with Crippen molar-refractivity contribution in [2.45, 2.75) is 13.1 Å². The SMILES string of the molecule is COCCn1cc(C(=O)NCc2cn(-c3ccccc3)nc2-c2ccncc2)ccc1=O. The second-order valence-corrected chi connectivity index (χ2v) is 7.14. The molecule has 3 aromatic heterocycles. The standard InChI is InChI=1S/C24H23N5O3/c1-32-14-13-28-16-19(7-8-22(28)30)24(31)26-15-20-17-29(21-5-3-2-4-6-21)27-23(20)18-9-11-25-12-10-18/h2-12,16-17H,13-15H2,1H3,(H,26,31). The molecule has 1 aromatic carbocycles. The Labute approximate surface area is 185 Å². The molecule has 4 aromatic rings. The van der Waals surface area contributed by atoms with Gasteiger partial charge in [0.2, 0.25) is 0 Å². The van der Waals surface area contributed by atoms with Gasteiger partial charge in [-0.25, -0.2) is 4.68 Å². The van der Waals surface area contributed by atoms with Crippen LogP contribution < -0.4 is 10.9 Å². The van der Waals surface area contributed by atoms with E-state index in [1.165, 1.54) is 16.7 Å². The Bertz CT molecular complexity index is 1250. The van der Waals surface area contributed by atoms with Crippen LogP contribution in [0.3, 0.4) is 0 Å². The van der Waals surface area contributed by atoms with Gasteiger partial charge in [0, 0.05) is 62.2 Å². The number of carbonyl (C=O) groups is 1. The molecule has 0 atom stereocenters. The normalized spacial score (nSPS) is 10.8. The molecule has 32 heavy (non-hydrogen) atoms. The van der Waals surface area contributed by atoms with E-state index in [4.69, 9.17) is 9.84 Å². The van der Waals surface area contributed by atoms with E-state index in [-0.39, 0.29) is 18.0 Å². The molecule has 0 aliphatic carbocycles. The van der Waals surface area contributed by atoms with Gasteiger partial charge in [0.25, 0.3) is 11.5 Å². The van der Waals surface area contributed by atoms with Gasteiger partial charge in [0.05, 0.1) is 23.6 Å². The Morgan fingerprint density at radius 2 is 1.81 bits per heavy atom. The van der Waals surface area contributed by atoms with E-state index in [1.807, 2.05) is 48.7 Å². The molecule has 4 rings (SSSR count). The minimum absolute atomic E-state index is 0.178. The number of nitrogens with one attached hydrogen (secondary N) is 1. The lowest BCUT2D eigenvalue weighted by molar-refractivity contribution is 0.0949. The van der Waals surface area contributed by atoms with Crippen LogP contribution in [0.1, 0.15) is 15.9 Å². The average Bonchev–Trinajstić information content (AvgIpc) is 3.27. The lowest BCUT2D eigenvalue weighted by Gasteiger charge is -2.09. The Kier molecular flexibility index (Phi) is 6.52. The summed E-state index contributed by atoms with van der Waals surface area (Å²) in [5.74, 6) is -0.274. The molecule has 0 radical (unpaired) electrons. The van der Waals surface area contributed by atoms with E-state index in [0.717, 1.165) is 22.5 Å². The van der Waals surface area contributed by atoms with Crippen LogP contribution in [-0.2, 0) is 17.8 Å². The highest BCUT2D eigenvalue weighted by Crippen LogP contribution is 2.23. The van der Waals surface area contributed by atoms with Gasteiger partial charge in [0.1, 0.15) is 0 Å². The number of para-hydroxylation sites is 1. The first-order valence-corrected chi connectivity index (χ1v) is 10.2. The van der Waals surface area contributed by atoms with E-state index in [0.29, 0.717) is 18.7 Å². The third-order valence-electron chi connectivity index (χ3n) is 4.99. The van der Waals surface area contributed by atoms with Gasteiger partial charge in [-0.3, -0.25) is 14.6 Å². The van der Waals surface area contributed by atoms with Crippen LogP contribution in [0.25, 0.3) is 16.9 Å². The molecule has 1 amide bonds. The van der Waals surface area contributed by atoms with Crippen LogP contribution in [0.4, 0.5) is 0 Å². The number of methoxy groups -OCH3 is 1. The molecule has 8 nitrogen and oxygen atoms in total. The summed E-state index contributed by atoms with van der Waals surface area (Å²) in [5.41, 5.74) is 3.68. The van der Waals surface area contributed by atoms with Crippen molar-refractivity contribution < 1.29 is 9.53 Å². The summed E-state index contributed by atoms with van der Waals surface area (Å²) < 4.78 is 8.29. The zero-order valence-electron chi connectivity index (χ0n) is 17.6. The number of hydrogen-bond acceptors (Lipinski definition) is 5. The number of carbonyl (C=O) groups excluding carboxylic acids is 1. The molecule has 0 saturated carbocycles. The van der Waals surface area contributed by atoms with Crippen molar-refractivity contribution in [2.75, 3.05) is 13.7 Å². The summed E-state index contributed by atoms with van der Waals surface area (Å²) in [6.45, 7) is 1.05. The third kappa shape index (κ3) is 4.81. The summed E-state index contributed by atoms with van der Waals surface area (Å²) in [5, 5.41) is 7.68. The Balaban J connectivity index is 1.58. The van der Waals surface area contributed by atoms with Gasteiger partial charge in [0.15, 0.2) is 0 Å². The summed E-state index contributed by atoms with van der Waals surface area (Å²) in [6.07, 6.45) is 6.88. The van der Waals surface area contributed by atoms with E-state index in [1.54, 1.807) is 30.4 Å². The maximum atomic E-state index is 12.8. The number of aromatic nitrogens is 4. The summed E-state index contributed by atoms with van der Waals surface area (Å²) >= 11 is 0. The second-order valence-electron chi connectivity index (χ2n) is 7.14. The Morgan fingerprint density at radius 3 is 2.56 bits per heavy atom. The van der Waals surface area contributed by atoms with E-state index in [2.05, 4.69) is 10.3 Å². The zero-order valence-corrected chi connectivity index (χ0v) is 17.6. The number of ether oxygens (including phenoxy) is 1. The predicted octanol–water partition coefficient (Wildman–Crippen LogP) is 2.67. The monoisotopic (exact) mass is 429 g/mol. The van der Waals surface area contributed by atoms with Crippen molar-refractivity contribution in [3.63, 3.8) is 0 Å². The van der Waals surface area contributed by atoms with Gasteiger partial charge >= 0.3 is 0 Å². The molecular weight excluding hydrogens is 406 g/mol. The molecule has 0 aliphatic rings. The summed E-state index contributed by atoms with van der Waals surface area (Å²) in [4.78, 5) is 28.8. The molecule has 0 aliphatic heterocycles. The fourth-order valence-corrected chi connectivity index (χ4v) is 3.31. The number of benzene rings is 1. The minimum Gasteiger partial charge on any atom is -0.383 e. The number of hydrogen-bond donors (Lipinski definition) is 1. The molecule has 1 N–H and O–H groups in total. The molecule has 0 unspecified atom stereocenters. The van der Waals surface area contributed by atoms with Crippen molar-refractivity contribution in [3.8, 4) is 16.9 Å². The van der Waals surface area contributed by atoms with Gasteiger partial charge in [-0.2, -0.15) is 5.10 Å². The van der Waals surface area contributed by atoms with Crippen molar-refractivity contribution in [2.24, 2.45) is 0 Å². The van der Waals surface area contributed by atoms with Gasteiger partial charge in [-0.15, -0.1) is 0 Å². The molecule has 0 bridgehead atoms. The highest BCUT2D eigenvalue weighted by Gasteiger charge is 2.14. The Hall–Kier alpha value is -4.04. The highest BCUT2D eigenvalue weighted by atomic mass is 16.5. The maximum absolute atomic E-state index is 12.8. The lowest BCUT2D eigenvalue weighted by atomic mass is 10.1. The smallest absolute Gasteiger partial charge is 0.253 e. The number of nitrogens with zero attached hydrogens (tertiary/aromatic N) is 4. The van der Waals surface area contributed by atoms with Crippen LogP contribution in [0, 0.1) is 0 Å². The van der Waals surface area contributed by atoms with E-state index < -0.39 is 0 Å². The quantitative estimate of drug-likeness (QED) is 0.465. The molecule has 0 saturated heterocycles. The fraction of sp³-hybridized carbons (Fsp3) is 0.167. The minimum atomic E-state index is -0.274. The topological polar surface area (TPSA) is 91.0 Å². The molecule has 162 valence electrons.